The zero-order valence-electron chi connectivity index (χ0n) is 9.02. The largest absolute Gasteiger partial charge is 0.356 e. The minimum absolute atomic E-state index is 0.128. The SMILES string of the molecule is [CH2]N1CCN(C(=O)c2ccn(C)c2)CC1. The zero-order valence-corrected chi connectivity index (χ0v) is 9.02. The van der Waals surface area contributed by atoms with E-state index in [1.165, 1.54) is 0 Å². The molecule has 1 aliphatic rings. The van der Waals surface area contributed by atoms with Crippen LogP contribution in [0.5, 0.6) is 0 Å². The zero-order chi connectivity index (χ0) is 10.8. The van der Waals surface area contributed by atoms with E-state index in [9.17, 15) is 4.79 Å². The van der Waals surface area contributed by atoms with Crippen LogP contribution in [0.2, 0.25) is 0 Å². The Kier molecular flexibility index (Phi) is 2.77. The van der Waals surface area contributed by atoms with E-state index in [-0.39, 0.29) is 5.91 Å². The fourth-order valence-corrected chi connectivity index (χ4v) is 1.76. The third kappa shape index (κ3) is 2.21. The third-order valence-corrected chi connectivity index (χ3v) is 2.74. The first kappa shape index (κ1) is 10.2. The van der Waals surface area contributed by atoms with Crippen LogP contribution in [0.3, 0.4) is 0 Å². The Hall–Kier alpha value is -1.29. The van der Waals surface area contributed by atoms with Crippen molar-refractivity contribution < 1.29 is 4.79 Å². The number of aryl methyl sites for hydroxylation is 1. The molecule has 1 saturated heterocycles. The van der Waals surface area contributed by atoms with Gasteiger partial charge in [-0.05, 0) is 6.07 Å². The first-order chi connectivity index (χ1) is 7.16. The third-order valence-electron chi connectivity index (χ3n) is 2.74. The van der Waals surface area contributed by atoms with Crippen molar-refractivity contribution in [3.05, 3.63) is 31.1 Å². The molecule has 1 aromatic heterocycles. The molecule has 1 amide bonds. The molecular formula is C11H16N3O. The normalized spacial score (nSPS) is 18.1. The molecule has 2 rings (SSSR count). The van der Waals surface area contributed by atoms with Gasteiger partial charge in [-0.15, -0.1) is 0 Å². The average Bonchev–Trinajstić information content (AvgIpc) is 2.65. The van der Waals surface area contributed by atoms with Crippen molar-refractivity contribution in [3.8, 4) is 0 Å². The molecule has 1 aromatic rings. The van der Waals surface area contributed by atoms with Crippen LogP contribution < -0.4 is 0 Å². The van der Waals surface area contributed by atoms with Crippen molar-refractivity contribution in [2.45, 2.75) is 0 Å². The summed E-state index contributed by atoms with van der Waals surface area (Å²) in [6, 6.07) is 1.86. The molecule has 0 bridgehead atoms. The van der Waals surface area contributed by atoms with E-state index in [0.29, 0.717) is 0 Å². The van der Waals surface area contributed by atoms with Crippen molar-refractivity contribution in [2.24, 2.45) is 7.05 Å². The Morgan fingerprint density at radius 1 is 1.33 bits per heavy atom. The van der Waals surface area contributed by atoms with Gasteiger partial charge in [0, 0.05) is 52.7 Å². The highest BCUT2D eigenvalue weighted by atomic mass is 16.2. The highest BCUT2D eigenvalue weighted by molar-refractivity contribution is 5.94. The summed E-state index contributed by atoms with van der Waals surface area (Å²) in [5, 5.41) is 0. The quantitative estimate of drug-likeness (QED) is 0.672. The van der Waals surface area contributed by atoms with Crippen LogP contribution in [0, 0.1) is 7.05 Å². The predicted octanol–water partition coefficient (Wildman–Crippen LogP) is 0.574. The number of hydrogen-bond donors (Lipinski definition) is 0. The Balaban J connectivity index is 2.02. The molecule has 15 heavy (non-hydrogen) atoms. The summed E-state index contributed by atoms with van der Waals surface area (Å²) >= 11 is 0. The molecule has 1 radical (unpaired) electrons. The Bertz CT molecular complexity index is 350. The van der Waals surface area contributed by atoms with Crippen LogP contribution in [-0.4, -0.2) is 46.5 Å². The van der Waals surface area contributed by atoms with Gasteiger partial charge in [-0.1, -0.05) is 0 Å². The highest BCUT2D eigenvalue weighted by Crippen LogP contribution is 2.08. The summed E-state index contributed by atoms with van der Waals surface area (Å²) in [5.41, 5.74) is 0.773. The molecule has 81 valence electrons. The lowest BCUT2D eigenvalue weighted by Crippen LogP contribution is -2.46. The van der Waals surface area contributed by atoms with E-state index in [0.717, 1.165) is 31.7 Å². The second kappa shape index (κ2) is 4.06. The van der Waals surface area contributed by atoms with Crippen LogP contribution in [-0.2, 0) is 7.05 Å². The smallest absolute Gasteiger partial charge is 0.255 e. The second-order valence-electron chi connectivity index (χ2n) is 3.98. The van der Waals surface area contributed by atoms with Crippen molar-refractivity contribution in [1.29, 1.82) is 0 Å². The van der Waals surface area contributed by atoms with E-state index in [2.05, 4.69) is 7.05 Å². The fraction of sp³-hybridized carbons (Fsp3) is 0.455. The molecule has 0 unspecified atom stereocenters. The topological polar surface area (TPSA) is 28.5 Å². The molecule has 1 aliphatic heterocycles. The molecule has 0 spiro atoms. The number of hydrogen-bond acceptors (Lipinski definition) is 2. The van der Waals surface area contributed by atoms with Gasteiger partial charge in [-0.2, -0.15) is 0 Å². The van der Waals surface area contributed by atoms with Crippen LogP contribution in [0.15, 0.2) is 18.5 Å². The molecule has 2 heterocycles. The van der Waals surface area contributed by atoms with Gasteiger partial charge in [0.1, 0.15) is 0 Å². The molecule has 4 nitrogen and oxygen atoms in total. The van der Waals surface area contributed by atoms with Crippen LogP contribution in [0.25, 0.3) is 0 Å². The molecule has 0 aliphatic carbocycles. The second-order valence-corrected chi connectivity index (χ2v) is 3.98. The summed E-state index contributed by atoms with van der Waals surface area (Å²) in [6.45, 7) is 3.27. The molecule has 0 atom stereocenters. The Morgan fingerprint density at radius 3 is 2.53 bits per heavy atom. The van der Waals surface area contributed by atoms with E-state index in [1.54, 1.807) is 0 Å². The summed E-state index contributed by atoms with van der Waals surface area (Å²) in [4.78, 5) is 15.9. The molecular weight excluding hydrogens is 190 g/mol. The molecule has 0 aromatic carbocycles. The monoisotopic (exact) mass is 206 g/mol. The van der Waals surface area contributed by atoms with E-state index >= 15 is 0 Å². The van der Waals surface area contributed by atoms with Crippen molar-refractivity contribution >= 4 is 5.91 Å². The number of nitrogens with zero attached hydrogens (tertiary/aromatic N) is 3. The van der Waals surface area contributed by atoms with Crippen molar-refractivity contribution in [2.75, 3.05) is 26.2 Å². The van der Waals surface area contributed by atoms with E-state index in [1.807, 2.05) is 39.9 Å². The summed E-state index contributed by atoms with van der Waals surface area (Å²) in [6.07, 6.45) is 3.75. The lowest BCUT2D eigenvalue weighted by molar-refractivity contribution is 0.0677. The highest BCUT2D eigenvalue weighted by Gasteiger charge is 2.20. The average molecular weight is 206 g/mol. The summed E-state index contributed by atoms with van der Waals surface area (Å²) in [7, 11) is 5.78. The van der Waals surface area contributed by atoms with Gasteiger partial charge >= 0.3 is 0 Å². The van der Waals surface area contributed by atoms with Gasteiger partial charge in [0.25, 0.3) is 5.91 Å². The minimum Gasteiger partial charge on any atom is -0.356 e. The molecule has 4 heteroatoms. The van der Waals surface area contributed by atoms with Gasteiger partial charge in [-0.25, -0.2) is 0 Å². The molecule has 1 fully saturated rings. The predicted molar refractivity (Wildman–Crippen MR) is 58.2 cm³/mol. The number of carbonyl (C=O) groups is 1. The van der Waals surface area contributed by atoms with Gasteiger partial charge in [-0.3, -0.25) is 9.69 Å². The summed E-state index contributed by atoms with van der Waals surface area (Å²) < 4.78 is 1.89. The molecule has 0 saturated carbocycles. The van der Waals surface area contributed by atoms with Gasteiger partial charge in [0.05, 0.1) is 5.56 Å². The molecule has 0 N–H and O–H groups in total. The number of rotatable bonds is 1. The lowest BCUT2D eigenvalue weighted by Gasteiger charge is -2.32. The van der Waals surface area contributed by atoms with Gasteiger partial charge in [0.15, 0.2) is 0 Å². The number of aromatic nitrogens is 1. The first-order valence-electron chi connectivity index (χ1n) is 5.13. The standard InChI is InChI=1S/C11H16N3O/c1-12-5-7-14(8-6-12)11(15)10-3-4-13(2)9-10/h3-4,9H,1,5-8H2,2H3. The van der Waals surface area contributed by atoms with Crippen molar-refractivity contribution in [1.82, 2.24) is 14.4 Å². The maximum absolute atomic E-state index is 12.0. The Morgan fingerprint density at radius 2 is 2.00 bits per heavy atom. The number of piperazine rings is 1. The fourth-order valence-electron chi connectivity index (χ4n) is 1.76. The Labute approximate surface area is 90.1 Å². The maximum Gasteiger partial charge on any atom is 0.255 e. The van der Waals surface area contributed by atoms with Gasteiger partial charge < -0.3 is 9.47 Å². The van der Waals surface area contributed by atoms with Crippen LogP contribution in [0.1, 0.15) is 10.4 Å². The lowest BCUT2D eigenvalue weighted by atomic mass is 10.2. The van der Waals surface area contributed by atoms with Gasteiger partial charge in [0.2, 0.25) is 0 Å². The first-order valence-corrected chi connectivity index (χ1v) is 5.13. The maximum atomic E-state index is 12.0. The summed E-state index contributed by atoms with van der Waals surface area (Å²) in [5.74, 6) is 0.128. The number of carbonyl (C=O) groups excluding carboxylic acids is 1. The van der Waals surface area contributed by atoms with E-state index in [4.69, 9.17) is 0 Å². The minimum atomic E-state index is 0.128. The van der Waals surface area contributed by atoms with Crippen LogP contribution in [0.4, 0.5) is 0 Å². The van der Waals surface area contributed by atoms with Crippen molar-refractivity contribution in [3.63, 3.8) is 0 Å². The van der Waals surface area contributed by atoms with Crippen LogP contribution >= 0.6 is 0 Å². The van der Waals surface area contributed by atoms with E-state index < -0.39 is 0 Å². The number of amides is 1.